The molecule has 1 unspecified atom stereocenters. The molecule has 0 radical (unpaired) electrons. The lowest BCUT2D eigenvalue weighted by Crippen LogP contribution is -2.26. The summed E-state index contributed by atoms with van der Waals surface area (Å²) in [7, 11) is 0. The second kappa shape index (κ2) is 4.61. The minimum Gasteiger partial charge on any atom is -0.391 e. The summed E-state index contributed by atoms with van der Waals surface area (Å²) in [5.41, 5.74) is 2.10. The van der Waals surface area contributed by atoms with E-state index in [-0.39, 0.29) is 12.3 Å². The molecular weight excluding hydrogens is 204 g/mol. The van der Waals surface area contributed by atoms with Crippen LogP contribution in [0.1, 0.15) is 24.6 Å². The Balaban J connectivity index is 2.12. The van der Waals surface area contributed by atoms with Crippen LogP contribution in [0.5, 0.6) is 0 Å². The standard InChI is InChI=1S/C12H16N2O2/c1-2-9-4-3-5-13-11(9)8-14-7-10(15)6-12(14)16/h3-5,10,15H,2,6-8H2,1H3. The normalized spacial score (nSPS) is 20.5. The van der Waals surface area contributed by atoms with Gasteiger partial charge in [-0.3, -0.25) is 9.78 Å². The van der Waals surface area contributed by atoms with Crippen LogP contribution in [0.4, 0.5) is 0 Å². The van der Waals surface area contributed by atoms with Crippen molar-refractivity contribution >= 4 is 5.91 Å². The predicted octanol–water partition coefficient (Wildman–Crippen LogP) is 0.737. The lowest BCUT2D eigenvalue weighted by Gasteiger charge is -2.16. The number of hydrogen-bond acceptors (Lipinski definition) is 3. The molecular formula is C12H16N2O2. The molecule has 86 valence electrons. The Hall–Kier alpha value is -1.42. The number of nitrogens with zero attached hydrogens (tertiary/aromatic N) is 2. The van der Waals surface area contributed by atoms with Crippen molar-refractivity contribution in [2.24, 2.45) is 0 Å². The molecule has 0 bridgehead atoms. The Bertz CT molecular complexity index is 392. The molecule has 0 saturated carbocycles. The summed E-state index contributed by atoms with van der Waals surface area (Å²) in [4.78, 5) is 17.5. The molecule has 1 saturated heterocycles. The minimum atomic E-state index is -0.513. The maximum atomic E-state index is 11.5. The molecule has 4 nitrogen and oxygen atoms in total. The maximum Gasteiger partial charge on any atom is 0.225 e. The van der Waals surface area contributed by atoms with E-state index in [2.05, 4.69) is 11.9 Å². The van der Waals surface area contributed by atoms with E-state index in [1.807, 2.05) is 12.1 Å². The molecule has 2 rings (SSSR count). The quantitative estimate of drug-likeness (QED) is 0.817. The van der Waals surface area contributed by atoms with Crippen molar-refractivity contribution in [2.75, 3.05) is 6.54 Å². The average Bonchev–Trinajstić information content (AvgIpc) is 2.58. The second-order valence-corrected chi connectivity index (χ2v) is 4.09. The number of aromatic nitrogens is 1. The first-order valence-corrected chi connectivity index (χ1v) is 5.59. The second-order valence-electron chi connectivity index (χ2n) is 4.09. The predicted molar refractivity (Wildman–Crippen MR) is 59.7 cm³/mol. The van der Waals surface area contributed by atoms with E-state index in [0.29, 0.717) is 13.1 Å². The largest absolute Gasteiger partial charge is 0.391 e. The minimum absolute atomic E-state index is 0.0141. The molecule has 1 atom stereocenters. The maximum absolute atomic E-state index is 11.5. The van der Waals surface area contributed by atoms with Gasteiger partial charge in [0.05, 0.1) is 24.8 Å². The first-order valence-electron chi connectivity index (χ1n) is 5.59. The van der Waals surface area contributed by atoms with Crippen LogP contribution in [0.3, 0.4) is 0 Å². The number of amides is 1. The molecule has 16 heavy (non-hydrogen) atoms. The summed E-state index contributed by atoms with van der Waals surface area (Å²) in [5.74, 6) is 0.0141. The van der Waals surface area contributed by atoms with Crippen molar-refractivity contribution in [1.29, 1.82) is 0 Å². The van der Waals surface area contributed by atoms with Gasteiger partial charge in [-0.05, 0) is 18.1 Å². The zero-order valence-electron chi connectivity index (χ0n) is 9.39. The molecule has 1 N–H and O–H groups in total. The summed E-state index contributed by atoms with van der Waals surface area (Å²) in [6, 6.07) is 3.93. The summed E-state index contributed by atoms with van der Waals surface area (Å²) < 4.78 is 0. The molecule has 4 heteroatoms. The van der Waals surface area contributed by atoms with Gasteiger partial charge in [0.1, 0.15) is 0 Å². The van der Waals surface area contributed by atoms with Crippen LogP contribution < -0.4 is 0 Å². The van der Waals surface area contributed by atoms with Gasteiger partial charge in [0.2, 0.25) is 5.91 Å². The topological polar surface area (TPSA) is 53.4 Å². The SMILES string of the molecule is CCc1cccnc1CN1CC(O)CC1=O. The number of aliphatic hydroxyl groups is 1. The van der Waals surface area contributed by atoms with Crippen LogP contribution in [-0.2, 0) is 17.8 Å². The number of aryl methyl sites for hydroxylation is 1. The number of pyridine rings is 1. The molecule has 2 heterocycles. The van der Waals surface area contributed by atoms with E-state index in [0.717, 1.165) is 17.7 Å². The van der Waals surface area contributed by atoms with Crippen LogP contribution in [0.15, 0.2) is 18.3 Å². The van der Waals surface area contributed by atoms with Crippen molar-refractivity contribution in [2.45, 2.75) is 32.4 Å². The van der Waals surface area contributed by atoms with Gasteiger partial charge in [0.15, 0.2) is 0 Å². The summed E-state index contributed by atoms with van der Waals surface area (Å²) in [6.45, 7) is 3.01. The molecule has 1 aromatic rings. The van der Waals surface area contributed by atoms with E-state index in [4.69, 9.17) is 0 Å². The summed E-state index contributed by atoms with van der Waals surface area (Å²) in [5, 5.41) is 9.39. The first-order chi connectivity index (χ1) is 7.70. The van der Waals surface area contributed by atoms with Gasteiger partial charge >= 0.3 is 0 Å². The lowest BCUT2D eigenvalue weighted by molar-refractivity contribution is -0.128. The Morgan fingerprint density at radius 3 is 3.06 bits per heavy atom. The highest BCUT2D eigenvalue weighted by molar-refractivity contribution is 5.78. The zero-order chi connectivity index (χ0) is 11.5. The number of aliphatic hydroxyl groups excluding tert-OH is 1. The highest BCUT2D eigenvalue weighted by atomic mass is 16.3. The molecule has 0 aliphatic carbocycles. The van der Waals surface area contributed by atoms with E-state index in [1.165, 1.54) is 0 Å². The third-order valence-electron chi connectivity index (χ3n) is 2.90. The van der Waals surface area contributed by atoms with Gasteiger partial charge < -0.3 is 10.0 Å². The lowest BCUT2D eigenvalue weighted by atomic mass is 10.1. The fourth-order valence-corrected chi connectivity index (χ4v) is 2.02. The van der Waals surface area contributed by atoms with Crippen LogP contribution in [0.25, 0.3) is 0 Å². The van der Waals surface area contributed by atoms with Gasteiger partial charge in [-0.25, -0.2) is 0 Å². The molecule has 0 spiro atoms. The highest BCUT2D eigenvalue weighted by Crippen LogP contribution is 2.16. The van der Waals surface area contributed by atoms with Gasteiger partial charge in [0.25, 0.3) is 0 Å². The third kappa shape index (κ3) is 2.22. The number of likely N-dealkylation sites (tertiary alicyclic amines) is 1. The van der Waals surface area contributed by atoms with Crippen LogP contribution in [0.2, 0.25) is 0 Å². The Kier molecular flexibility index (Phi) is 3.19. The van der Waals surface area contributed by atoms with Gasteiger partial charge in [-0.1, -0.05) is 13.0 Å². The van der Waals surface area contributed by atoms with E-state index in [9.17, 15) is 9.90 Å². The summed E-state index contributed by atoms with van der Waals surface area (Å²) in [6.07, 6.45) is 2.38. The average molecular weight is 220 g/mol. The molecule has 1 aromatic heterocycles. The number of carbonyl (C=O) groups excluding carboxylic acids is 1. The van der Waals surface area contributed by atoms with Crippen LogP contribution in [-0.4, -0.2) is 33.5 Å². The smallest absolute Gasteiger partial charge is 0.225 e. The number of carbonyl (C=O) groups is 1. The molecule has 1 fully saturated rings. The van der Waals surface area contributed by atoms with Crippen molar-refractivity contribution in [1.82, 2.24) is 9.88 Å². The Morgan fingerprint density at radius 1 is 1.62 bits per heavy atom. The molecule has 1 aliphatic rings. The molecule has 0 aromatic carbocycles. The third-order valence-corrected chi connectivity index (χ3v) is 2.90. The first kappa shape index (κ1) is 11.1. The van der Waals surface area contributed by atoms with Crippen molar-refractivity contribution < 1.29 is 9.90 Å². The number of β-amino-alcohol motifs (C(OH)–C–C–N with tert-alkyl or cyclic N) is 1. The highest BCUT2D eigenvalue weighted by Gasteiger charge is 2.28. The van der Waals surface area contributed by atoms with Crippen molar-refractivity contribution in [3.63, 3.8) is 0 Å². The Morgan fingerprint density at radius 2 is 2.44 bits per heavy atom. The number of rotatable bonds is 3. The molecule has 1 aliphatic heterocycles. The van der Waals surface area contributed by atoms with Gasteiger partial charge in [0, 0.05) is 12.7 Å². The summed E-state index contributed by atoms with van der Waals surface area (Å²) >= 11 is 0. The van der Waals surface area contributed by atoms with Crippen molar-refractivity contribution in [3.05, 3.63) is 29.6 Å². The van der Waals surface area contributed by atoms with Gasteiger partial charge in [-0.2, -0.15) is 0 Å². The fraction of sp³-hybridized carbons (Fsp3) is 0.500. The zero-order valence-corrected chi connectivity index (χ0v) is 9.39. The van der Waals surface area contributed by atoms with Crippen LogP contribution >= 0.6 is 0 Å². The monoisotopic (exact) mass is 220 g/mol. The van der Waals surface area contributed by atoms with E-state index < -0.39 is 6.10 Å². The Labute approximate surface area is 94.9 Å². The van der Waals surface area contributed by atoms with Gasteiger partial charge in [-0.15, -0.1) is 0 Å². The van der Waals surface area contributed by atoms with Crippen LogP contribution in [0, 0.1) is 0 Å². The fourth-order valence-electron chi connectivity index (χ4n) is 2.02. The number of hydrogen-bond donors (Lipinski definition) is 1. The van der Waals surface area contributed by atoms with E-state index in [1.54, 1.807) is 11.1 Å². The van der Waals surface area contributed by atoms with Crippen molar-refractivity contribution in [3.8, 4) is 0 Å². The molecule has 1 amide bonds. The van der Waals surface area contributed by atoms with E-state index >= 15 is 0 Å².